The molecular weight excluding hydrogens is 168 g/mol. The number of nitrogens with zero attached hydrogens (tertiary/aromatic N) is 2. The van der Waals surface area contributed by atoms with E-state index in [-0.39, 0.29) is 12.0 Å². The van der Waals surface area contributed by atoms with Gasteiger partial charge in [-0.05, 0) is 19.4 Å². The zero-order valence-electron chi connectivity index (χ0n) is 8.15. The minimum absolute atomic E-state index is 0.272. The summed E-state index contributed by atoms with van der Waals surface area (Å²) in [7, 11) is 1.38. The molecule has 0 aliphatic heterocycles. The summed E-state index contributed by atoms with van der Waals surface area (Å²) in [5.74, 6) is -0.272. The first-order valence-electron chi connectivity index (χ1n) is 4.31. The van der Waals surface area contributed by atoms with E-state index < -0.39 is 0 Å². The lowest BCUT2D eigenvalue weighted by Crippen LogP contribution is -2.18. The summed E-state index contributed by atoms with van der Waals surface area (Å²) < 4.78 is 6.23. The Labute approximate surface area is 77.5 Å². The Morgan fingerprint density at radius 1 is 1.77 bits per heavy atom. The van der Waals surface area contributed by atoms with Crippen molar-refractivity contribution in [3.63, 3.8) is 0 Å². The maximum atomic E-state index is 11.1. The highest BCUT2D eigenvalue weighted by Crippen LogP contribution is 2.07. The lowest BCUT2D eigenvalue weighted by Gasteiger charge is -2.08. The second-order valence-corrected chi connectivity index (χ2v) is 2.84. The van der Waals surface area contributed by atoms with Crippen LogP contribution >= 0.6 is 0 Å². The second-order valence-electron chi connectivity index (χ2n) is 2.84. The van der Waals surface area contributed by atoms with E-state index in [2.05, 4.69) is 9.84 Å². The molecule has 1 heterocycles. The highest BCUT2D eigenvalue weighted by molar-refractivity contribution is 5.73. The quantitative estimate of drug-likeness (QED) is 0.659. The molecule has 0 N–H and O–H groups in total. The molecule has 0 bridgehead atoms. The van der Waals surface area contributed by atoms with Gasteiger partial charge in [0.15, 0.2) is 0 Å². The summed E-state index contributed by atoms with van der Waals surface area (Å²) in [6.45, 7) is 3.79. The Morgan fingerprint density at radius 2 is 2.46 bits per heavy atom. The summed E-state index contributed by atoms with van der Waals surface area (Å²) in [5, 5.41) is 4.21. The first-order valence-corrected chi connectivity index (χ1v) is 4.31. The van der Waals surface area contributed by atoms with E-state index in [9.17, 15) is 4.79 Å². The Bertz CT molecular complexity index is 294. The summed E-state index contributed by atoms with van der Waals surface area (Å²) in [6, 6.07) is 1.56. The van der Waals surface area contributed by atoms with Crippen molar-refractivity contribution in [1.29, 1.82) is 0 Å². The number of rotatable bonds is 3. The van der Waals surface area contributed by atoms with Crippen LogP contribution in [-0.2, 0) is 16.0 Å². The molecule has 0 radical (unpaired) electrons. The molecule has 1 unspecified atom stereocenters. The number of carbonyl (C=O) groups is 1. The number of methoxy groups -OCH3 is 1. The fraction of sp³-hybridized carbons (Fsp3) is 0.556. The molecule has 1 atom stereocenters. The fourth-order valence-corrected chi connectivity index (χ4v) is 1.06. The van der Waals surface area contributed by atoms with Gasteiger partial charge >= 0.3 is 5.97 Å². The Hall–Kier alpha value is -1.32. The molecule has 1 aromatic rings. The van der Waals surface area contributed by atoms with E-state index in [1.54, 1.807) is 17.8 Å². The molecule has 0 saturated carbocycles. The van der Waals surface area contributed by atoms with Crippen LogP contribution in [0.15, 0.2) is 12.3 Å². The Balaban J connectivity index is 2.76. The van der Waals surface area contributed by atoms with Crippen LogP contribution in [0.25, 0.3) is 0 Å². The topological polar surface area (TPSA) is 44.1 Å². The molecule has 0 amide bonds. The second kappa shape index (κ2) is 4.07. The van der Waals surface area contributed by atoms with Gasteiger partial charge in [0.25, 0.3) is 0 Å². The van der Waals surface area contributed by atoms with Gasteiger partial charge in [-0.1, -0.05) is 6.92 Å². The summed E-state index contributed by atoms with van der Waals surface area (Å²) in [5.41, 5.74) is 0.982. The van der Waals surface area contributed by atoms with E-state index in [0.717, 1.165) is 12.1 Å². The number of hydrogen-bond acceptors (Lipinski definition) is 3. The lowest BCUT2D eigenvalue weighted by molar-refractivity contribution is -0.144. The standard InChI is InChI=1S/C9H14N2O2/c1-4-8-5-6-11(10-8)7(2)9(12)13-3/h5-7H,4H2,1-3H3. The number of esters is 1. The highest BCUT2D eigenvalue weighted by Gasteiger charge is 2.15. The molecular formula is C9H14N2O2. The molecule has 0 aromatic carbocycles. The molecule has 4 heteroatoms. The maximum Gasteiger partial charge on any atom is 0.330 e. The maximum absolute atomic E-state index is 11.1. The van der Waals surface area contributed by atoms with Crippen LogP contribution in [0.4, 0.5) is 0 Å². The Kier molecular flexibility index (Phi) is 3.06. The van der Waals surface area contributed by atoms with Crippen LogP contribution < -0.4 is 0 Å². The largest absolute Gasteiger partial charge is 0.467 e. The smallest absolute Gasteiger partial charge is 0.330 e. The number of ether oxygens (including phenoxy) is 1. The SMILES string of the molecule is CCc1ccn(C(C)C(=O)OC)n1. The van der Waals surface area contributed by atoms with Crippen molar-refractivity contribution >= 4 is 5.97 Å². The molecule has 13 heavy (non-hydrogen) atoms. The average molecular weight is 182 g/mol. The Morgan fingerprint density at radius 3 is 2.92 bits per heavy atom. The fourth-order valence-electron chi connectivity index (χ4n) is 1.06. The van der Waals surface area contributed by atoms with Crippen molar-refractivity contribution in [2.24, 2.45) is 0 Å². The van der Waals surface area contributed by atoms with E-state index >= 15 is 0 Å². The third kappa shape index (κ3) is 2.08. The molecule has 72 valence electrons. The minimum atomic E-state index is -0.342. The van der Waals surface area contributed by atoms with Gasteiger partial charge in [0, 0.05) is 6.20 Å². The zero-order chi connectivity index (χ0) is 9.84. The van der Waals surface area contributed by atoms with Crippen LogP contribution in [-0.4, -0.2) is 22.9 Å². The number of hydrogen-bond donors (Lipinski definition) is 0. The number of carbonyl (C=O) groups excluding carboxylic acids is 1. The summed E-state index contributed by atoms with van der Waals surface area (Å²) in [4.78, 5) is 11.1. The minimum Gasteiger partial charge on any atom is -0.467 e. The predicted molar refractivity (Wildman–Crippen MR) is 48.3 cm³/mol. The predicted octanol–water partition coefficient (Wildman–Crippen LogP) is 1.18. The average Bonchev–Trinajstić information content (AvgIpc) is 2.63. The molecule has 0 spiro atoms. The van der Waals surface area contributed by atoms with Gasteiger partial charge in [-0.25, -0.2) is 4.79 Å². The van der Waals surface area contributed by atoms with Crippen LogP contribution in [0.1, 0.15) is 25.6 Å². The van der Waals surface area contributed by atoms with Gasteiger partial charge < -0.3 is 4.74 Å². The van der Waals surface area contributed by atoms with Gasteiger partial charge in [-0.2, -0.15) is 5.10 Å². The first-order chi connectivity index (χ1) is 6.19. The highest BCUT2D eigenvalue weighted by atomic mass is 16.5. The van der Waals surface area contributed by atoms with Gasteiger partial charge in [0.2, 0.25) is 0 Å². The molecule has 0 fully saturated rings. The monoisotopic (exact) mass is 182 g/mol. The third-order valence-electron chi connectivity index (χ3n) is 1.96. The summed E-state index contributed by atoms with van der Waals surface area (Å²) in [6.07, 6.45) is 2.67. The van der Waals surface area contributed by atoms with Gasteiger partial charge in [0.05, 0.1) is 12.8 Å². The van der Waals surface area contributed by atoms with Crippen LogP contribution in [0.3, 0.4) is 0 Å². The normalized spacial score (nSPS) is 12.5. The van der Waals surface area contributed by atoms with Crippen molar-refractivity contribution in [2.75, 3.05) is 7.11 Å². The molecule has 0 aliphatic rings. The van der Waals surface area contributed by atoms with Crippen molar-refractivity contribution in [3.8, 4) is 0 Å². The van der Waals surface area contributed by atoms with Gasteiger partial charge in [-0.3, -0.25) is 4.68 Å². The van der Waals surface area contributed by atoms with Crippen molar-refractivity contribution in [3.05, 3.63) is 18.0 Å². The van der Waals surface area contributed by atoms with Crippen molar-refractivity contribution in [2.45, 2.75) is 26.3 Å². The van der Waals surface area contributed by atoms with Gasteiger partial charge in [0.1, 0.15) is 6.04 Å². The zero-order valence-corrected chi connectivity index (χ0v) is 8.15. The lowest BCUT2D eigenvalue weighted by atomic mass is 10.3. The van der Waals surface area contributed by atoms with Crippen molar-refractivity contribution in [1.82, 2.24) is 9.78 Å². The van der Waals surface area contributed by atoms with Crippen LogP contribution in [0, 0.1) is 0 Å². The summed E-state index contributed by atoms with van der Waals surface area (Å²) >= 11 is 0. The van der Waals surface area contributed by atoms with Crippen LogP contribution in [0.2, 0.25) is 0 Å². The van der Waals surface area contributed by atoms with Crippen molar-refractivity contribution < 1.29 is 9.53 Å². The third-order valence-corrected chi connectivity index (χ3v) is 1.96. The molecule has 0 saturated heterocycles. The number of aromatic nitrogens is 2. The van der Waals surface area contributed by atoms with E-state index in [4.69, 9.17) is 0 Å². The first kappa shape index (κ1) is 9.77. The van der Waals surface area contributed by atoms with Crippen LogP contribution in [0.5, 0.6) is 0 Å². The molecule has 1 rings (SSSR count). The van der Waals surface area contributed by atoms with E-state index in [0.29, 0.717) is 0 Å². The van der Waals surface area contributed by atoms with E-state index in [1.165, 1.54) is 7.11 Å². The molecule has 0 aliphatic carbocycles. The molecule has 1 aromatic heterocycles. The number of aryl methyl sites for hydroxylation is 1. The molecule has 4 nitrogen and oxygen atoms in total. The van der Waals surface area contributed by atoms with Gasteiger partial charge in [-0.15, -0.1) is 0 Å². The van der Waals surface area contributed by atoms with E-state index in [1.807, 2.05) is 13.0 Å².